The SMILES string of the molecule is Cc1cccc(C(=O)C2C(c3ccc(F)cc3)C(C(=O)O)N(C(=O)c3cccs3)C2c2ccc(N(C)C)cc2)c1. The van der Waals surface area contributed by atoms with Crippen molar-refractivity contribution in [1.29, 1.82) is 0 Å². The van der Waals surface area contributed by atoms with Crippen molar-refractivity contribution in [3.05, 3.63) is 123 Å². The second-order valence-electron chi connectivity index (χ2n) is 10.2. The van der Waals surface area contributed by atoms with Gasteiger partial charge in [0.1, 0.15) is 11.9 Å². The number of ketones is 1. The van der Waals surface area contributed by atoms with Gasteiger partial charge in [-0.15, -0.1) is 11.3 Å². The van der Waals surface area contributed by atoms with Crippen molar-refractivity contribution in [3.63, 3.8) is 0 Å². The number of nitrogens with zero attached hydrogens (tertiary/aromatic N) is 2. The first-order valence-electron chi connectivity index (χ1n) is 12.9. The highest BCUT2D eigenvalue weighted by molar-refractivity contribution is 7.12. The fraction of sp³-hybridized carbons (Fsp3) is 0.219. The Hall–Kier alpha value is -4.30. The summed E-state index contributed by atoms with van der Waals surface area (Å²) in [6.45, 7) is 1.88. The number of Topliss-reactive ketones (excluding diaryl/α,β-unsaturated/α-hetero) is 1. The van der Waals surface area contributed by atoms with Gasteiger partial charge in [-0.25, -0.2) is 9.18 Å². The molecule has 5 rings (SSSR count). The van der Waals surface area contributed by atoms with Crippen LogP contribution in [0.4, 0.5) is 10.1 Å². The molecule has 1 N–H and O–H groups in total. The van der Waals surface area contributed by atoms with E-state index in [-0.39, 0.29) is 5.78 Å². The van der Waals surface area contributed by atoms with Gasteiger partial charge in [0.25, 0.3) is 5.91 Å². The predicted molar refractivity (Wildman–Crippen MR) is 154 cm³/mol. The Bertz CT molecular complexity index is 1530. The first-order chi connectivity index (χ1) is 19.2. The van der Waals surface area contributed by atoms with Crippen LogP contribution < -0.4 is 4.90 Å². The van der Waals surface area contributed by atoms with E-state index in [2.05, 4.69) is 0 Å². The lowest BCUT2D eigenvalue weighted by Crippen LogP contribution is -2.43. The van der Waals surface area contributed by atoms with Crippen LogP contribution in [0.1, 0.15) is 48.7 Å². The molecule has 0 spiro atoms. The summed E-state index contributed by atoms with van der Waals surface area (Å²) < 4.78 is 14.0. The van der Waals surface area contributed by atoms with Crippen LogP contribution in [0.2, 0.25) is 0 Å². The minimum atomic E-state index is -1.36. The number of likely N-dealkylation sites (tertiary alicyclic amines) is 1. The molecule has 1 saturated heterocycles. The van der Waals surface area contributed by atoms with Crippen LogP contribution in [-0.2, 0) is 4.79 Å². The number of aryl methyl sites for hydroxylation is 1. The van der Waals surface area contributed by atoms with Gasteiger partial charge in [0.05, 0.1) is 16.8 Å². The first kappa shape index (κ1) is 27.3. The van der Waals surface area contributed by atoms with Crippen molar-refractivity contribution in [1.82, 2.24) is 4.90 Å². The summed E-state index contributed by atoms with van der Waals surface area (Å²) in [5, 5.41) is 12.4. The lowest BCUT2D eigenvalue weighted by molar-refractivity contribution is -0.142. The minimum Gasteiger partial charge on any atom is -0.480 e. The Morgan fingerprint density at radius 3 is 2.15 bits per heavy atom. The number of hydrogen-bond donors (Lipinski definition) is 1. The van der Waals surface area contributed by atoms with E-state index in [1.54, 1.807) is 35.7 Å². The van der Waals surface area contributed by atoms with Gasteiger partial charge in [0.2, 0.25) is 0 Å². The maximum Gasteiger partial charge on any atom is 0.327 e. The molecule has 1 aliphatic heterocycles. The van der Waals surface area contributed by atoms with Crippen molar-refractivity contribution in [2.45, 2.75) is 24.9 Å². The molecular formula is C32H29FN2O4S. The second-order valence-corrected chi connectivity index (χ2v) is 11.2. The maximum atomic E-state index is 14.4. The average molecular weight is 557 g/mol. The van der Waals surface area contributed by atoms with E-state index in [1.165, 1.54) is 40.5 Å². The monoisotopic (exact) mass is 556 g/mol. The molecular weight excluding hydrogens is 527 g/mol. The van der Waals surface area contributed by atoms with Crippen LogP contribution in [0.25, 0.3) is 0 Å². The number of carboxylic acids is 1. The molecule has 4 unspecified atom stereocenters. The number of rotatable bonds is 7. The molecule has 0 aliphatic carbocycles. The standard InChI is InChI=1S/C32H29FN2O4S/c1-19-6-4-7-22(18-19)30(36)27-26(20-9-13-23(33)14-10-20)29(32(38)39)35(31(37)25-8-5-17-40-25)28(27)21-11-15-24(16-12-21)34(2)3/h4-18,26-29H,1-3H3,(H,38,39). The summed E-state index contributed by atoms with van der Waals surface area (Å²) in [4.78, 5) is 45.2. The third-order valence-electron chi connectivity index (χ3n) is 7.50. The van der Waals surface area contributed by atoms with Gasteiger partial charge in [-0.3, -0.25) is 9.59 Å². The van der Waals surface area contributed by atoms with E-state index in [0.717, 1.165) is 11.3 Å². The molecule has 1 aromatic heterocycles. The van der Waals surface area contributed by atoms with Gasteiger partial charge < -0.3 is 14.9 Å². The predicted octanol–water partition coefficient (Wildman–Crippen LogP) is 6.19. The van der Waals surface area contributed by atoms with Crippen LogP contribution in [0.5, 0.6) is 0 Å². The third kappa shape index (κ3) is 5.02. The Balaban J connectivity index is 1.77. The Morgan fingerprint density at radius 1 is 0.900 bits per heavy atom. The molecule has 2 heterocycles. The molecule has 0 bridgehead atoms. The van der Waals surface area contributed by atoms with Crippen molar-refractivity contribution >= 4 is 34.7 Å². The molecule has 1 fully saturated rings. The average Bonchev–Trinajstić information content (AvgIpc) is 3.60. The smallest absolute Gasteiger partial charge is 0.327 e. The van der Waals surface area contributed by atoms with E-state index in [4.69, 9.17) is 0 Å². The van der Waals surface area contributed by atoms with Crippen molar-refractivity contribution in [2.24, 2.45) is 5.92 Å². The van der Waals surface area contributed by atoms with Gasteiger partial charge in [-0.2, -0.15) is 0 Å². The highest BCUT2D eigenvalue weighted by Gasteiger charge is 2.57. The van der Waals surface area contributed by atoms with Gasteiger partial charge >= 0.3 is 5.97 Å². The van der Waals surface area contributed by atoms with E-state index in [0.29, 0.717) is 21.6 Å². The number of thiophene rings is 1. The number of amides is 1. The molecule has 6 nitrogen and oxygen atoms in total. The lowest BCUT2D eigenvalue weighted by atomic mass is 9.76. The first-order valence-corrected chi connectivity index (χ1v) is 13.8. The highest BCUT2D eigenvalue weighted by atomic mass is 32.1. The van der Waals surface area contributed by atoms with E-state index in [9.17, 15) is 23.9 Å². The number of aliphatic carboxylic acids is 1. The maximum absolute atomic E-state index is 14.4. The van der Waals surface area contributed by atoms with Crippen LogP contribution in [0.15, 0.2) is 90.3 Å². The normalized spacial score (nSPS) is 20.4. The largest absolute Gasteiger partial charge is 0.480 e. The van der Waals surface area contributed by atoms with Gasteiger partial charge in [-0.05, 0) is 59.8 Å². The van der Waals surface area contributed by atoms with Crippen molar-refractivity contribution < 1.29 is 23.9 Å². The number of carboxylic acid groups (broad SMARTS) is 1. The number of anilines is 1. The number of halogens is 1. The molecule has 8 heteroatoms. The number of carbonyl (C=O) groups is 3. The molecule has 1 amide bonds. The zero-order chi connectivity index (χ0) is 28.6. The molecule has 3 aromatic carbocycles. The van der Waals surface area contributed by atoms with Crippen LogP contribution in [0, 0.1) is 18.7 Å². The molecule has 0 radical (unpaired) electrons. The molecule has 1 aliphatic rings. The van der Waals surface area contributed by atoms with Crippen LogP contribution in [0.3, 0.4) is 0 Å². The summed E-state index contributed by atoms with van der Waals surface area (Å²) in [7, 11) is 3.82. The van der Waals surface area contributed by atoms with Gasteiger partial charge in [-0.1, -0.05) is 54.1 Å². The summed E-state index contributed by atoms with van der Waals surface area (Å²) in [5.41, 5.74) is 3.37. The second kappa shape index (κ2) is 11.1. The fourth-order valence-corrected chi connectivity index (χ4v) is 6.34. The van der Waals surface area contributed by atoms with Crippen molar-refractivity contribution in [2.75, 3.05) is 19.0 Å². The number of hydrogen-bond acceptors (Lipinski definition) is 5. The van der Waals surface area contributed by atoms with E-state index < -0.39 is 41.6 Å². The van der Waals surface area contributed by atoms with E-state index >= 15 is 0 Å². The Labute approximate surface area is 236 Å². The molecule has 0 saturated carbocycles. The summed E-state index contributed by atoms with van der Waals surface area (Å²) in [5.74, 6) is -4.30. The lowest BCUT2D eigenvalue weighted by Gasteiger charge is -2.30. The molecule has 40 heavy (non-hydrogen) atoms. The zero-order valence-corrected chi connectivity index (χ0v) is 23.1. The summed E-state index contributed by atoms with van der Waals surface area (Å²) >= 11 is 1.22. The summed E-state index contributed by atoms with van der Waals surface area (Å²) in [6, 6.07) is 21.3. The quantitative estimate of drug-likeness (QED) is 0.275. The van der Waals surface area contributed by atoms with Crippen LogP contribution >= 0.6 is 11.3 Å². The number of carbonyl (C=O) groups excluding carboxylic acids is 2. The van der Waals surface area contributed by atoms with Crippen LogP contribution in [-0.4, -0.2) is 47.8 Å². The molecule has 204 valence electrons. The zero-order valence-electron chi connectivity index (χ0n) is 22.3. The Morgan fingerprint density at radius 2 is 1.57 bits per heavy atom. The van der Waals surface area contributed by atoms with Crippen molar-refractivity contribution in [3.8, 4) is 0 Å². The van der Waals surface area contributed by atoms with Gasteiger partial charge in [0, 0.05) is 31.3 Å². The topological polar surface area (TPSA) is 77.9 Å². The van der Waals surface area contributed by atoms with E-state index in [1.807, 2.05) is 56.3 Å². The summed E-state index contributed by atoms with van der Waals surface area (Å²) in [6.07, 6.45) is 0. The molecule has 4 aromatic rings. The van der Waals surface area contributed by atoms with Gasteiger partial charge in [0.15, 0.2) is 5.78 Å². The Kier molecular flexibility index (Phi) is 7.54. The molecule has 4 atom stereocenters. The fourth-order valence-electron chi connectivity index (χ4n) is 5.67. The minimum absolute atomic E-state index is 0.271. The third-order valence-corrected chi connectivity index (χ3v) is 8.36. The number of benzene rings is 3. The highest BCUT2D eigenvalue weighted by Crippen LogP contribution is 2.52.